The largest absolute Gasteiger partial charge is 0.416 e. The van der Waals surface area contributed by atoms with E-state index in [9.17, 15) is 22.4 Å². The highest BCUT2D eigenvalue weighted by molar-refractivity contribution is 5.94. The van der Waals surface area contributed by atoms with Gasteiger partial charge >= 0.3 is 6.18 Å². The van der Waals surface area contributed by atoms with E-state index in [0.29, 0.717) is 24.6 Å². The van der Waals surface area contributed by atoms with E-state index in [1.54, 1.807) is 0 Å². The lowest BCUT2D eigenvalue weighted by molar-refractivity contribution is -0.137. The Bertz CT molecular complexity index is 474. The third kappa shape index (κ3) is 4.19. The van der Waals surface area contributed by atoms with Crippen LogP contribution in [0.5, 0.6) is 0 Å². The molecule has 0 fully saturated rings. The van der Waals surface area contributed by atoms with Crippen molar-refractivity contribution in [2.75, 3.05) is 6.54 Å². The summed E-state index contributed by atoms with van der Waals surface area (Å²) in [4.78, 5) is 11.8. The number of hydrogen-bond donors (Lipinski definition) is 2. The zero-order chi connectivity index (χ0) is 15.3. The van der Waals surface area contributed by atoms with Gasteiger partial charge in [-0.05, 0) is 24.6 Å². The Hall–Kier alpha value is -1.63. The monoisotopic (exact) mass is 292 g/mol. The average molecular weight is 292 g/mol. The highest BCUT2D eigenvalue weighted by Crippen LogP contribution is 2.30. The lowest BCUT2D eigenvalue weighted by atomic mass is 10.1. The van der Waals surface area contributed by atoms with Crippen LogP contribution in [-0.4, -0.2) is 18.5 Å². The third-order valence-corrected chi connectivity index (χ3v) is 2.80. The van der Waals surface area contributed by atoms with Gasteiger partial charge in [-0.25, -0.2) is 4.39 Å². The molecule has 1 atom stereocenters. The average Bonchev–Trinajstić information content (AvgIpc) is 2.37. The molecule has 3 nitrogen and oxygen atoms in total. The fourth-order valence-electron chi connectivity index (χ4n) is 1.74. The molecule has 1 aromatic carbocycles. The van der Waals surface area contributed by atoms with Gasteiger partial charge in [0.25, 0.3) is 5.91 Å². The van der Waals surface area contributed by atoms with Crippen LogP contribution in [-0.2, 0) is 6.18 Å². The van der Waals surface area contributed by atoms with Crippen LogP contribution in [0.3, 0.4) is 0 Å². The molecule has 20 heavy (non-hydrogen) atoms. The van der Waals surface area contributed by atoms with Gasteiger partial charge in [-0.2, -0.15) is 13.2 Å². The summed E-state index contributed by atoms with van der Waals surface area (Å²) < 4.78 is 51.1. The molecule has 0 aromatic heterocycles. The summed E-state index contributed by atoms with van der Waals surface area (Å²) >= 11 is 0. The molecule has 0 saturated heterocycles. The van der Waals surface area contributed by atoms with Crippen LogP contribution in [0.2, 0.25) is 0 Å². The molecule has 0 radical (unpaired) electrons. The van der Waals surface area contributed by atoms with Crippen LogP contribution in [0.25, 0.3) is 0 Å². The van der Waals surface area contributed by atoms with Gasteiger partial charge in [0.2, 0.25) is 0 Å². The van der Waals surface area contributed by atoms with E-state index in [4.69, 9.17) is 5.73 Å². The molecule has 1 rings (SSSR count). The summed E-state index contributed by atoms with van der Waals surface area (Å²) in [6.07, 6.45) is -3.31. The van der Waals surface area contributed by atoms with E-state index < -0.39 is 29.0 Å². The van der Waals surface area contributed by atoms with E-state index in [2.05, 4.69) is 5.32 Å². The van der Waals surface area contributed by atoms with Crippen molar-refractivity contribution < 1.29 is 22.4 Å². The molecule has 1 unspecified atom stereocenters. The number of amides is 1. The van der Waals surface area contributed by atoms with Gasteiger partial charge in [-0.15, -0.1) is 0 Å². The maximum Gasteiger partial charge on any atom is 0.416 e. The number of carbonyl (C=O) groups is 1. The predicted molar refractivity (Wildman–Crippen MR) is 66.6 cm³/mol. The maximum atomic E-state index is 13.5. The van der Waals surface area contributed by atoms with Gasteiger partial charge in [0.05, 0.1) is 11.1 Å². The van der Waals surface area contributed by atoms with Crippen molar-refractivity contribution in [1.29, 1.82) is 0 Å². The minimum atomic E-state index is -4.63. The number of carbonyl (C=O) groups excluding carboxylic acids is 1. The molecule has 0 aliphatic carbocycles. The fourth-order valence-corrected chi connectivity index (χ4v) is 1.74. The number of benzene rings is 1. The van der Waals surface area contributed by atoms with Crippen molar-refractivity contribution in [3.8, 4) is 0 Å². The zero-order valence-corrected chi connectivity index (χ0v) is 10.9. The van der Waals surface area contributed by atoms with Crippen LogP contribution < -0.4 is 11.1 Å². The highest BCUT2D eigenvalue weighted by Gasteiger charge is 2.32. The molecule has 112 valence electrons. The molecule has 0 saturated carbocycles. The van der Waals surface area contributed by atoms with Gasteiger partial charge in [-0.1, -0.05) is 13.3 Å². The highest BCUT2D eigenvalue weighted by atomic mass is 19.4. The van der Waals surface area contributed by atoms with Gasteiger partial charge in [-0.3, -0.25) is 4.79 Å². The van der Waals surface area contributed by atoms with Crippen molar-refractivity contribution in [2.45, 2.75) is 32.0 Å². The Kier molecular flexibility index (Phi) is 5.50. The van der Waals surface area contributed by atoms with Crippen molar-refractivity contribution in [2.24, 2.45) is 5.73 Å². The Morgan fingerprint density at radius 1 is 1.40 bits per heavy atom. The number of hydrogen-bond acceptors (Lipinski definition) is 2. The van der Waals surface area contributed by atoms with Gasteiger partial charge in [0.15, 0.2) is 0 Å². The van der Waals surface area contributed by atoms with E-state index in [1.807, 2.05) is 6.92 Å². The zero-order valence-electron chi connectivity index (χ0n) is 10.9. The van der Waals surface area contributed by atoms with E-state index in [-0.39, 0.29) is 12.6 Å². The standard InChI is InChI=1S/C13H16F4N2O/c1-2-3-9(7-18)19-12(20)10-6-8(13(15,16)17)4-5-11(10)14/h4-6,9H,2-3,7,18H2,1H3,(H,19,20). The topological polar surface area (TPSA) is 55.1 Å². The Morgan fingerprint density at radius 2 is 2.05 bits per heavy atom. The van der Waals surface area contributed by atoms with Gasteiger partial charge in [0.1, 0.15) is 5.82 Å². The van der Waals surface area contributed by atoms with Crippen molar-refractivity contribution in [3.05, 3.63) is 35.1 Å². The smallest absolute Gasteiger partial charge is 0.348 e. The number of nitrogens with two attached hydrogens (primary N) is 1. The predicted octanol–water partition coefficient (Wildman–Crippen LogP) is 2.70. The normalized spacial score (nSPS) is 13.1. The summed E-state index contributed by atoms with van der Waals surface area (Å²) in [6.45, 7) is 2.01. The van der Waals surface area contributed by atoms with Crippen LogP contribution in [0, 0.1) is 5.82 Å². The molecular weight excluding hydrogens is 276 g/mol. The summed E-state index contributed by atoms with van der Waals surface area (Å²) in [6, 6.07) is 1.35. The van der Waals surface area contributed by atoms with Gasteiger partial charge < -0.3 is 11.1 Å². The van der Waals surface area contributed by atoms with Crippen LogP contribution in [0.15, 0.2) is 18.2 Å². The fraction of sp³-hybridized carbons (Fsp3) is 0.462. The number of halogens is 4. The lowest BCUT2D eigenvalue weighted by Gasteiger charge is -2.16. The Balaban J connectivity index is 2.97. The molecule has 1 amide bonds. The Morgan fingerprint density at radius 3 is 2.55 bits per heavy atom. The molecule has 0 aliphatic rings. The molecule has 0 heterocycles. The first-order valence-electron chi connectivity index (χ1n) is 6.17. The summed E-state index contributed by atoms with van der Waals surface area (Å²) in [7, 11) is 0. The van der Waals surface area contributed by atoms with Gasteiger partial charge in [0, 0.05) is 12.6 Å². The molecule has 1 aromatic rings. The summed E-state index contributed by atoms with van der Waals surface area (Å²) in [5, 5.41) is 2.43. The SMILES string of the molecule is CCCC(CN)NC(=O)c1cc(C(F)(F)F)ccc1F. The number of nitrogens with one attached hydrogen (secondary N) is 1. The molecule has 3 N–H and O–H groups in total. The quantitative estimate of drug-likeness (QED) is 0.820. The minimum absolute atomic E-state index is 0.139. The second kappa shape index (κ2) is 6.69. The summed E-state index contributed by atoms with van der Waals surface area (Å²) in [5.41, 5.74) is 3.74. The van der Waals surface area contributed by atoms with E-state index in [0.717, 1.165) is 6.42 Å². The number of alkyl halides is 3. The van der Waals surface area contributed by atoms with E-state index in [1.165, 1.54) is 0 Å². The van der Waals surface area contributed by atoms with E-state index >= 15 is 0 Å². The second-order valence-electron chi connectivity index (χ2n) is 4.39. The first-order chi connectivity index (χ1) is 9.29. The molecular formula is C13H16F4N2O. The van der Waals surface area contributed by atoms with Crippen molar-refractivity contribution in [1.82, 2.24) is 5.32 Å². The first-order valence-corrected chi connectivity index (χ1v) is 6.17. The van der Waals surface area contributed by atoms with Crippen molar-refractivity contribution in [3.63, 3.8) is 0 Å². The molecule has 0 bridgehead atoms. The second-order valence-corrected chi connectivity index (χ2v) is 4.39. The minimum Gasteiger partial charge on any atom is -0.348 e. The molecule has 0 aliphatic heterocycles. The van der Waals surface area contributed by atoms with Crippen LogP contribution in [0.1, 0.15) is 35.7 Å². The van der Waals surface area contributed by atoms with Crippen molar-refractivity contribution >= 4 is 5.91 Å². The number of rotatable bonds is 5. The lowest BCUT2D eigenvalue weighted by Crippen LogP contribution is -2.40. The summed E-state index contributed by atoms with van der Waals surface area (Å²) in [5.74, 6) is -1.89. The van der Waals surface area contributed by atoms with Crippen LogP contribution in [0.4, 0.5) is 17.6 Å². The molecule has 0 spiro atoms. The van der Waals surface area contributed by atoms with Crippen LogP contribution >= 0.6 is 0 Å². The first kappa shape index (κ1) is 16.4. The molecule has 7 heteroatoms. The maximum absolute atomic E-state index is 13.5. The Labute approximate surface area is 114 Å². The third-order valence-electron chi connectivity index (χ3n) is 2.80.